The molecule has 0 saturated heterocycles. The Morgan fingerprint density at radius 2 is 2.00 bits per heavy atom. The van der Waals surface area contributed by atoms with E-state index < -0.39 is 11.3 Å². The van der Waals surface area contributed by atoms with E-state index in [1.807, 2.05) is 13.1 Å². The molecule has 172 valence electrons. The van der Waals surface area contributed by atoms with Crippen molar-refractivity contribution in [2.24, 2.45) is 0 Å². The van der Waals surface area contributed by atoms with Crippen LogP contribution in [0.25, 0.3) is 0 Å². The predicted octanol–water partition coefficient (Wildman–Crippen LogP) is 2.66. The third-order valence-electron chi connectivity index (χ3n) is 6.24. The Morgan fingerprint density at radius 3 is 2.66 bits per heavy atom. The maximum Gasteiger partial charge on any atom is 0.269 e. The summed E-state index contributed by atoms with van der Waals surface area (Å²) < 4.78 is 19.8. The third-order valence-corrected chi connectivity index (χ3v) is 6.68. The van der Waals surface area contributed by atoms with Gasteiger partial charge >= 0.3 is 0 Å². The Balaban J connectivity index is 1.81. The minimum atomic E-state index is -0.568. The molecule has 9 nitrogen and oxygen atoms in total. The summed E-state index contributed by atoms with van der Waals surface area (Å²) in [5, 5.41) is 10.7. The lowest BCUT2D eigenvalue weighted by atomic mass is 9.87. The van der Waals surface area contributed by atoms with Crippen LogP contribution in [0.15, 0.2) is 10.9 Å². The molecule has 1 aromatic carbocycles. The number of aromatic nitrogens is 2. The Labute approximate surface area is 190 Å². The molecule has 32 heavy (non-hydrogen) atoms. The van der Waals surface area contributed by atoms with Gasteiger partial charge in [-0.3, -0.25) is 23.6 Å². The summed E-state index contributed by atoms with van der Waals surface area (Å²) in [5.74, 6) is 0.863. The first-order chi connectivity index (χ1) is 15.3. The van der Waals surface area contributed by atoms with E-state index in [4.69, 9.17) is 26.4 Å². The number of benzene rings is 1. The quantitative estimate of drug-likeness (QED) is 0.518. The minimum Gasteiger partial charge on any atom is -0.494 e. The van der Waals surface area contributed by atoms with Gasteiger partial charge < -0.3 is 19.3 Å². The number of carbonyl (C=O) groups is 1. The summed E-state index contributed by atoms with van der Waals surface area (Å²) in [6.45, 7) is 5.06. The molecule has 1 aromatic heterocycles. The molecule has 0 radical (unpaired) electrons. The van der Waals surface area contributed by atoms with Crippen LogP contribution in [0.4, 0.5) is 0 Å². The van der Waals surface area contributed by atoms with Crippen LogP contribution in [0, 0.1) is 4.77 Å². The van der Waals surface area contributed by atoms with Crippen LogP contribution in [-0.4, -0.2) is 52.4 Å². The highest BCUT2D eigenvalue weighted by Crippen LogP contribution is 2.50. The molecule has 0 spiro atoms. The molecule has 0 bridgehead atoms. The first-order valence-corrected chi connectivity index (χ1v) is 11.0. The van der Waals surface area contributed by atoms with E-state index in [1.54, 1.807) is 21.0 Å². The summed E-state index contributed by atoms with van der Waals surface area (Å²) in [6, 6.07) is 1.58. The smallest absolute Gasteiger partial charge is 0.269 e. The fraction of sp³-hybridized carbons (Fsp3) is 0.500. The second kappa shape index (κ2) is 8.59. The fourth-order valence-corrected chi connectivity index (χ4v) is 4.98. The van der Waals surface area contributed by atoms with Gasteiger partial charge in [-0.15, -0.1) is 0 Å². The van der Waals surface area contributed by atoms with E-state index in [9.17, 15) is 14.7 Å². The summed E-state index contributed by atoms with van der Waals surface area (Å²) in [5.41, 5.74) is 1.06. The van der Waals surface area contributed by atoms with Gasteiger partial charge in [0.2, 0.25) is 18.4 Å². The van der Waals surface area contributed by atoms with Gasteiger partial charge in [0, 0.05) is 37.7 Å². The molecule has 1 atom stereocenters. The zero-order chi connectivity index (χ0) is 23.2. The lowest BCUT2D eigenvalue weighted by Crippen LogP contribution is -2.36. The largest absolute Gasteiger partial charge is 0.494 e. The van der Waals surface area contributed by atoms with Crippen molar-refractivity contribution in [3.63, 3.8) is 0 Å². The Morgan fingerprint density at radius 1 is 1.28 bits per heavy atom. The molecule has 10 heteroatoms. The van der Waals surface area contributed by atoms with Gasteiger partial charge in [-0.2, -0.15) is 0 Å². The lowest BCUT2D eigenvalue weighted by Gasteiger charge is -2.35. The van der Waals surface area contributed by atoms with Crippen molar-refractivity contribution in [2.45, 2.75) is 45.8 Å². The van der Waals surface area contributed by atoms with Crippen LogP contribution in [0.3, 0.4) is 0 Å². The highest BCUT2D eigenvalue weighted by molar-refractivity contribution is 7.71. The standard InChI is InChI=1S/C22H27N3O6S/c1-5-24-20(27)17(21(28)25(6-2)22(24)32)14(26)10-13-16-12(7-8-23(13)3)9-15-18(19(16)29-4)31-11-30-15/h9,13,27H,5-8,10-11H2,1-4H3/t13-/m0/s1. The first-order valence-electron chi connectivity index (χ1n) is 10.6. The molecule has 1 N–H and O–H groups in total. The maximum absolute atomic E-state index is 13.4. The van der Waals surface area contributed by atoms with E-state index in [2.05, 4.69) is 4.90 Å². The van der Waals surface area contributed by atoms with Crippen molar-refractivity contribution in [1.82, 2.24) is 14.0 Å². The molecule has 0 fully saturated rings. The normalized spacial score (nSPS) is 17.3. The van der Waals surface area contributed by atoms with Crippen LogP contribution >= 0.6 is 12.2 Å². The summed E-state index contributed by atoms with van der Waals surface area (Å²) >= 11 is 5.33. The van der Waals surface area contributed by atoms with Gasteiger partial charge in [0.25, 0.3) is 5.56 Å². The first kappa shape index (κ1) is 22.3. The van der Waals surface area contributed by atoms with Crippen LogP contribution < -0.4 is 19.8 Å². The Kier molecular flexibility index (Phi) is 6.00. The van der Waals surface area contributed by atoms with Crippen molar-refractivity contribution in [1.29, 1.82) is 0 Å². The summed E-state index contributed by atoms with van der Waals surface area (Å²) in [6.07, 6.45) is 0.754. The number of rotatable bonds is 6. The molecule has 0 aliphatic carbocycles. The van der Waals surface area contributed by atoms with E-state index in [0.717, 1.165) is 24.1 Å². The average molecular weight is 462 g/mol. The van der Waals surface area contributed by atoms with Crippen LogP contribution in [0.5, 0.6) is 23.1 Å². The minimum absolute atomic E-state index is 0.00743. The number of ether oxygens (including phenoxy) is 3. The van der Waals surface area contributed by atoms with Crippen molar-refractivity contribution in [2.75, 3.05) is 27.5 Å². The van der Waals surface area contributed by atoms with Crippen molar-refractivity contribution in [3.05, 3.63) is 37.9 Å². The van der Waals surface area contributed by atoms with Gasteiger partial charge in [0.05, 0.1) is 7.11 Å². The molecule has 2 aromatic rings. The van der Waals surface area contributed by atoms with Gasteiger partial charge in [-0.05, 0) is 51.2 Å². The molecular weight excluding hydrogens is 434 g/mol. The van der Waals surface area contributed by atoms with Gasteiger partial charge in [-0.1, -0.05) is 0 Å². The summed E-state index contributed by atoms with van der Waals surface area (Å²) in [4.78, 5) is 28.5. The average Bonchev–Trinajstić information content (AvgIpc) is 3.23. The van der Waals surface area contributed by atoms with Gasteiger partial charge in [0.1, 0.15) is 5.56 Å². The van der Waals surface area contributed by atoms with Gasteiger partial charge in [-0.25, -0.2) is 0 Å². The van der Waals surface area contributed by atoms with Crippen molar-refractivity contribution >= 4 is 18.0 Å². The SMILES string of the molecule is CCn1c(O)c(C(=O)C[C@H]2c3c(cc4c(c3OC)OCO4)CCN2C)c(=O)n(CC)c1=S. The zero-order valence-electron chi connectivity index (χ0n) is 18.6. The highest BCUT2D eigenvalue weighted by Gasteiger charge is 2.36. The summed E-state index contributed by atoms with van der Waals surface area (Å²) in [7, 11) is 3.48. The van der Waals surface area contributed by atoms with Crippen LogP contribution in [0.2, 0.25) is 0 Å². The number of methoxy groups -OCH3 is 1. The Bertz CT molecular complexity index is 1200. The Hall–Kier alpha value is -2.85. The number of fused-ring (bicyclic) bond motifs is 2. The van der Waals surface area contributed by atoms with E-state index in [-0.39, 0.29) is 35.5 Å². The van der Waals surface area contributed by atoms with Crippen molar-refractivity contribution in [3.8, 4) is 23.1 Å². The van der Waals surface area contributed by atoms with Crippen LogP contribution in [-0.2, 0) is 19.5 Å². The second-order valence-corrected chi connectivity index (χ2v) is 8.23. The lowest BCUT2D eigenvalue weighted by molar-refractivity contribution is 0.0918. The molecule has 0 unspecified atom stereocenters. The number of hydrogen-bond donors (Lipinski definition) is 1. The molecular formula is C22H27N3O6S. The molecule has 0 amide bonds. The number of Topliss-reactive ketones (excluding diaryl/α,β-unsaturated/α-hetero) is 1. The molecule has 4 rings (SSSR count). The second-order valence-electron chi connectivity index (χ2n) is 7.86. The number of ketones is 1. The van der Waals surface area contributed by atoms with Crippen molar-refractivity contribution < 1.29 is 24.1 Å². The predicted molar refractivity (Wildman–Crippen MR) is 120 cm³/mol. The monoisotopic (exact) mass is 461 g/mol. The van der Waals surface area contributed by atoms with E-state index >= 15 is 0 Å². The number of aromatic hydroxyl groups is 1. The van der Waals surface area contributed by atoms with E-state index in [1.165, 1.54) is 9.13 Å². The van der Waals surface area contributed by atoms with Crippen LogP contribution in [0.1, 0.15) is 47.8 Å². The topological polar surface area (TPSA) is 95.2 Å². The zero-order valence-corrected chi connectivity index (χ0v) is 19.5. The molecule has 2 aliphatic heterocycles. The van der Waals surface area contributed by atoms with Gasteiger partial charge in [0.15, 0.2) is 22.1 Å². The number of nitrogens with zero attached hydrogens (tertiary/aromatic N) is 3. The molecule has 2 aliphatic rings. The number of likely N-dealkylation sites (N-methyl/N-ethyl adjacent to an activating group) is 1. The molecule has 3 heterocycles. The maximum atomic E-state index is 13.4. The third kappa shape index (κ3) is 3.38. The van der Waals surface area contributed by atoms with E-state index in [0.29, 0.717) is 30.3 Å². The number of carbonyl (C=O) groups excluding carboxylic acids is 1. The molecule has 0 saturated carbocycles. The number of hydrogen-bond acceptors (Lipinski definition) is 8. The highest BCUT2D eigenvalue weighted by atomic mass is 32.1. The fourth-order valence-electron chi connectivity index (χ4n) is 4.56.